The minimum atomic E-state index is 0.0477. The summed E-state index contributed by atoms with van der Waals surface area (Å²) in [4.78, 5) is 12.8. The summed E-state index contributed by atoms with van der Waals surface area (Å²) in [5.74, 6) is 5.30. The van der Waals surface area contributed by atoms with Crippen LogP contribution in [0, 0.1) is 46.3 Å². The molecule has 47 heavy (non-hydrogen) atoms. The van der Waals surface area contributed by atoms with Gasteiger partial charge < -0.3 is 4.74 Å². The molecule has 3 fully saturated rings. The molecular weight excluding hydrogens is 572 g/mol. The van der Waals surface area contributed by atoms with E-state index in [2.05, 4.69) is 71.9 Å². The Balaban J connectivity index is 1.13. The zero-order valence-corrected chi connectivity index (χ0v) is 32.0. The number of carbonyl (C=O) groups excluding carboxylic acids is 1. The molecule has 8 atom stereocenters. The third-order valence-electron chi connectivity index (χ3n) is 13.9. The highest BCUT2D eigenvalue weighted by atomic mass is 16.5. The SMILES string of the molecule is CCCCC/C=C\C/C=C\CCCCCCCC(=O)O[C@H]1CC[C@@]2(C)C(=CC[C@H]3[C@@H]4CC[C@H]([C@H](C)CCCC(C)C)[C@@]4(C)CC[C@@H]32)C1. The van der Waals surface area contributed by atoms with Gasteiger partial charge in [-0.3, -0.25) is 4.79 Å². The molecule has 0 aromatic heterocycles. The van der Waals surface area contributed by atoms with Crippen molar-refractivity contribution in [2.45, 2.75) is 195 Å². The number of hydrogen-bond acceptors (Lipinski definition) is 2. The summed E-state index contributed by atoms with van der Waals surface area (Å²) >= 11 is 0. The second-order valence-electron chi connectivity index (χ2n) is 17.6. The predicted molar refractivity (Wildman–Crippen MR) is 202 cm³/mol. The van der Waals surface area contributed by atoms with Crippen molar-refractivity contribution in [2.24, 2.45) is 46.3 Å². The van der Waals surface area contributed by atoms with E-state index in [-0.39, 0.29) is 12.1 Å². The quantitative estimate of drug-likeness (QED) is 0.0746. The van der Waals surface area contributed by atoms with Gasteiger partial charge in [0.1, 0.15) is 6.10 Å². The number of allylic oxidation sites excluding steroid dienone is 5. The topological polar surface area (TPSA) is 26.3 Å². The van der Waals surface area contributed by atoms with Gasteiger partial charge in [-0.2, -0.15) is 0 Å². The first-order valence-electron chi connectivity index (χ1n) is 20.9. The molecule has 0 bridgehead atoms. The van der Waals surface area contributed by atoms with Crippen molar-refractivity contribution in [3.63, 3.8) is 0 Å². The number of hydrogen-bond donors (Lipinski definition) is 0. The van der Waals surface area contributed by atoms with Crippen LogP contribution in [0.2, 0.25) is 0 Å². The van der Waals surface area contributed by atoms with Crippen LogP contribution in [-0.4, -0.2) is 12.1 Å². The van der Waals surface area contributed by atoms with E-state index < -0.39 is 0 Å². The highest BCUT2D eigenvalue weighted by Gasteiger charge is 2.59. The third kappa shape index (κ3) is 10.6. The van der Waals surface area contributed by atoms with E-state index in [1.54, 1.807) is 5.57 Å². The lowest BCUT2D eigenvalue weighted by Gasteiger charge is -2.58. The summed E-state index contributed by atoms with van der Waals surface area (Å²) in [5.41, 5.74) is 2.52. The lowest BCUT2D eigenvalue weighted by molar-refractivity contribution is -0.151. The molecule has 0 saturated heterocycles. The van der Waals surface area contributed by atoms with E-state index in [9.17, 15) is 4.79 Å². The van der Waals surface area contributed by atoms with Gasteiger partial charge in [0.15, 0.2) is 0 Å². The average molecular weight is 649 g/mol. The van der Waals surface area contributed by atoms with Gasteiger partial charge in [0.05, 0.1) is 0 Å². The largest absolute Gasteiger partial charge is 0.462 e. The maximum atomic E-state index is 12.8. The number of unbranched alkanes of at least 4 members (excludes halogenated alkanes) is 8. The fourth-order valence-electron chi connectivity index (χ4n) is 11.1. The van der Waals surface area contributed by atoms with Crippen LogP contribution in [0.3, 0.4) is 0 Å². The van der Waals surface area contributed by atoms with Crippen LogP contribution >= 0.6 is 0 Å². The van der Waals surface area contributed by atoms with E-state index in [0.717, 1.165) is 67.6 Å². The van der Waals surface area contributed by atoms with Gasteiger partial charge in [0.25, 0.3) is 0 Å². The van der Waals surface area contributed by atoms with Crippen LogP contribution in [0.25, 0.3) is 0 Å². The molecule has 0 heterocycles. The molecule has 0 aromatic rings. The minimum Gasteiger partial charge on any atom is -0.462 e. The fraction of sp³-hybridized carbons (Fsp3) is 0.844. The lowest BCUT2D eigenvalue weighted by atomic mass is 9.47. The Morgan fingerprint density at radius 1 is 0.830 bits per heavy atom. The average Bonchev–Trinajstić information content (AvgIpc) is 3.40. The molecule has 0 radical (unpaired) electrons. The second-order valence-corrected chi connectivity index (χ2v) is 17.6. The number of fused-ring (bicyclic) bond motifs is 5. The third-order valence-corrected chi connectivity index (χ3v) is 13.9. The molecule has 2 heteroatoms. The maximum Gasteiger partial charge on any atom is 0.306 e. The summed E-state index contributed by atoms with van der Waals surface area (Å²) in [6.45, 7) is 14.9. The zero-order valence-electron chi connectivity index (χ0n) is 32.0. The Morgan fingerprint density at radius 2 is 1.55 bits per heavy atom. The predicted octanol–water partition coefficient (Wildman–Crippen LogP) is 13.8. The van der Waals surface area contributed by atoms with Crippen molar-refractivity contribution in [3.05, 3.63) is 36.0 Å². The van der Waals surface area contributed by atoms with Crippen LogP contribution in [0.15, 0.2) is 36.0 Å². The summed E-state index contributed by atoms with van der Waals surface area (Å²) < 4.78 is 6.12. The summed E-state index contributed by atoms with van der Waals surface area (Å²) in [7, 11) is 0. The zero-order chi connectivity index (χ0) is 33.7. The molecule has 4 rings (SSSR count). The van der Waals surface area contributed by atoms with Gasteiger partial charge in [-0.15, -0.1) is 0 Å². The molecule has 0 aromatic carbocycles. The minimum absolute atomic E-state index is 0.0477. The van der Waals surface area contributed by atoms with Crippen molar-refractivity contribution in [2.75, 3.05) is 0 Å². The van der Waals surface area contributed by atoms with E-state index in [1.165, 1.54) is 109 Å². The van der Waals surface area contributed by atoms with Gasteiger partial charge in [-0.05, 0) is 130 Å². The molecule has 2 nitrogen and oxygen atoms in total. The molecule has 0 N–H and O–H groups in total. The molecule has 0 spiro atoms. The molecule has 268 valence electrons. The van der Waals surface area contributed by atoms with Crippen molar-refractivity contribution < 1.29 is 9.53 Å². The first kappa shape index (κ1) is 38.5. The lowest BCUT2D eigenvalue weighted by Crippen LogP contribution is -2.51. The molecule has 0 aliphatic heterocycles. The van der Waals surface area contributed by atoms with Crippen LogP contribution in [-0.2, 0) is 9.53 Å². The highest BCUT2D eigenvalue weighted by Crippen LogP contribution is 2.67. The van der Waals surface area contributed by atoms with E-state index in [1.807, 2.05) is 0 Å². The van der Waals surface area contributed by atoms with Gasteiger partial charge in [-0.1, -0.05) is 129 Å². The Kier molecular flexibility index (Phi) is 15.7. The van der Waals surface area contributed by atoms with E-state index in [0.29, 0.717) is 17.3 Å². The summed E-state index contributed by atoms with van der Waals surface area (Å²) in [5, 5.41) is 0. The number of carbonyl (C=O) groups is 1. The normalized spacial score (nSPS) is 32.7. The second kappa shape index (κ2) is 19.2. The monoisotopic (exact) mass is 649 g/mol. The summed E-state index contributed by atoms with van der Waals surface area (Å²) in [6.07, 6.45) is 40.5. The van der Waals surface area contributed by atoms with Crippen LogP contribution in [0.5, 0.6) is 0 Å². The highest BCUT2D eigenvalue weighted by molar-refractivity contribution is 5.69. The molecule has 0 amide bonds. The van der Waals surface area contributed by atoms with Crippen molar-refractivity contribution in [1.82, 2.24) is 0 Å². The number of esters is 1. The van der Waals surface area contributed by atoms with Crippen LogP contribution in [0.1, 0.15) is 189 Å². The Labute approximate surface area is 292 Å². The van der Waals surface area contributed by atoms with Crippen molar-refractivity contribution >= 4 is 5.97 Å². The molecule has 4 aliphatic carbocycles. The van der Waals surface area contributed by atoms with Gasteiger partial charge in [0.2, 0.25) is 0 Å². The Morgan fingerprint density at radius 3 is 2.30 bits per heavy atom. The van der Waals surface area contributed by atoms with Gasteiger partial charge in [0, 0.05) is 12.8 Å². The number of ether oxygens (including phenoxy) is 1. The van der Waals surface area contributed by atoms with Crippen molar-refractivity contribution in [3.8, 4) is 0 Å². The summed E-state index contributed by atoms with van der Waals surface area (Å²) in [6, 6.07) is 0. The van der Waals surface area contributed by atoms with Crippen LogP contribution < -0.4 is 0 Å². The first-order valence-corrected chi connectivity index (χ1v) is 20.9. The molecule has 4 aliphatic rings. The maximum absolute atomic E-state index is 12.8. The molecule has 0 unspecified atom stereocenters. The Hall–Kier alpha value is -1.31. The molecule has 3 saturated carbocycles. The van der Waals surface area contributed by atoms with E-state index >= 15 is 0 Å². The first-order chi connectivity index (χ1) is 22.7. The van der Waals surface area contributed by atoms with Crippen LogP contribution in [0.4, 0.5) is 0 Å². The van der Waals surface area contributed by atoms with E-state index in [4.69, 9.17) is 4.74 Å². The molecular formula is C45H76O2. The van der Waals surface area contributed by atoms with Crippen molar-refractivity contribution in [1.29, 1.82) is 0 Å². The standard InChI is InChI=1S/C45H76O2/c1-7-8-9-10-11-12-13-14-15-16-17-18-19-20-21-25-43(46)47-38-30-32-44(5)37(34-38)26-27-39-41-29-28-40(36(4)24-22-23-35(2)3)45(41,6)33-31-42(39)44/h11-12,14-15,26,35-36,38-42H,7-10,13,16-25,27-34H2,1-6H3/b12-11-,15-14-/t36-,38+,39+,40-,41+,42+,44+,45-/m1/s1. The Bertz CT molecular complexity index is 1020. The smallest absolute Gasteiger partial charge is 0.306 e. The number of rotatable bonds is 20. The van der Waals surface area contributed by atoms with Gasteiger partial charge in [-0.25, -0.2) is 0 Å². The van der Waals surface area contributed by atoms with Gasteiger partial charge >= 0.3 is 5.97 Å². The fourth-order valence-corrected chi connectivity index (χ4v) is 11.1.